The molecule has 0 heterocycles. The second kappa shape index (κ2) is 10.1. The molecular weight excluding hydrogens is 288 g/mol. The van der Waals surface area contributed by atoms with Gasteiger partial charge in [0, 0.05) is 20.3 Å². The molecule has 1 aliphatic rings. The summed E-state index contributed by atoms with van der Waals surface area (Å²) in [7, 11) is 1.64. The van der Waals surface area contributed by atoms with E-state index in [4.69, 9.17) is 27.4 Å². The van der Waals surface area contributed by atoms with Crippen molar-refractivity contribution in [3.05, 3.63) is 0 Å². The number of nitrogens with one attached hydrogen (secondary N) is 1. The predicted molar refractivity (Wildman–Crippen MR) is 87.2 cm³/mol. The zero-order chi connectivity index (χ0) is 15.6. The number of nitrogens with two attached hydrogens (primary N) is 1. The molecule has 1 amide bonds. The molecule has 0 spiro atoms. The zero-order valence-electron chi connectivity index (χ0n) is 13.0. The third kappa shape index (κ3) is 5.88. The number of hydrogen-bond donors (Lipinski definition) is 2. The molecule has 0 aliphatic heterocycles. The van der Waals surface area contributed by atoms with Gasteiger partial charge >= 0.3 is 0 Å². The molecule has 6 heteroatoms. The lowest BCUT2D eigenvalue weighted by molar-refractivity contribution is -0.128. The molecule has 0 aromatic rings. The van der Waals surface area contributed by atoms with Crippen LogP contribution in [0.1, 0.15) is 44.9 Å². The van der Waals surface area contributed by atoms with Crippen LogP contribution in [-0.4, -0.2) is 44.4 Å². The van der Waals surface area contributed by atoms with Crippen LogP contribution in [0.4, 0.5) is 0 Å². The highest BCUT2D eigenvalue weighted by molar-refractivity contribution is 7.80. The van der Waals surface area contributed by atoms with E-state index in [1.807, 2.05) is 0 Å². The molecule has 5 nitrogen and oxygen atoms in total. The smallest absolute Gasteiger partial charge is 0.233 e. The van der Waals surface area contributed by atoms with E-state index >= 15 is 0 Å². The third-order valence-corrected chi connectivity index (χ3v) is 4.44. The Hall–Kier alpha value is -0.720. The van der Waals surface area contributed by atoms with Crippen molar-refractivity contribution in [2.75, 3.05) is 33.5 Å². The molecule has 3 N–H and O–H groups in total. The Labute approximate surface area is 132 Å². The first-order chi connectivity index (χ1) is 10.1. The topological polar surface area (TPSA) is 73.6 Å². The Bertz CT molecular complexity index is 329. The third-order valence-electron chi connectivity index (χ3n) is 4.05. The van der Waals surface area contributed by atoms with Gasteiger partial charge in [-0.1, -0.05) is 37.9 Å². The second-order valence-electron chi connectivity index (χ2n) is 5.58. The number of rotatable bonds is 9. The van der Waals surface area contributed by atoms with E-state index in [-0.39, 0.29) is 5.91 Å². The van der Waals surface area contributed by atoms with Gasteiger partial charge in [-0.05, 0) is 19.3 Å². The molecule has 1 aliphatic carbocycles. The molecule has 0 aromatic carbocycles. The van der Waals surface area contributed by atoms with Crippen LogP contribution in [0, 0.1) is 5.41 Å². The standard InChI is InChI=1S/C15H28N2O3S/c1-19-11-12-20-10-6-9-17-14(18)15(13(16)21)7-4-2-3-5-8-15/h2-12H2,1H3,(H2,16,21)(H,17,18). The van der Waals surface area contributed by atoms with E-state index in [1.54, 1.807) is 7.11 Å². The van der Waals surface area contributed by atoms with E-state index in [9.17, 15) is 4.79 Å². The van der Waals surface area contributed by atoms with E-state index in [1.165, 1.54) is 0 Å². The fraction of sp³-hybridized carbons (Fsp3) is 0.867. The van der Waals surface area contributed by atoms with Crippen molar-refractivity contribution in [1.29, 1.82) is 0 Å². The first-order valence-corrected chi connectivity index (χ1v) is 8.19. The van der Waals surface area contributed by atoms with Gasteiger partial charge in [-0.25, -0.2) is 0 Å². The Balaban J connectivity index is 2.34. The maximum absolute atomic E-state index is 12.5. The highest BCUT2D eigenvalue weighted by Gasteiger charge is 2.41. The number of methoxy groups -OCH3 is 1. The molecule has 1 rings (SSSR count). The van der Waals surface area contributed by atoms with E-state index in [2.05, 4.69) is 5.32 Å². The summed E-state index contributed by atoms with van der Waals surface area (Å²) < 4.78 is 10.3. The van der Waals surface area contributed by atoms with Crippen molar-refractivity contribution in [3.8, 4) is 0 Å². The van der Waals surface area contributed by atoms with Crippen molar-refractivity contribution in [3.63, 3.8) is 0 Å². The summed E-state index contributed by atoms with van der Waals surface area (Å²) in [6, 6.07) is 0. The Morgan fingerprint density at radius 1 is 1.19 bits per heavy atom. The summed E-state index contributed by atoms with van der Waals surface area (Å²) in [5.74, 6) is -0.00575. The normalized spacial score (nSPS) is 18.0. The highest BCUT2D eigenvalue weighted by Crippen LogP contribution is 2.35. The minimum absolute atomic E-state index is 0.00575. The summed E-state index contributed by atoms with van der Waals surface area (Å²) in [6.45, 7) is 2.39. The minimum Gasteiger partial charge on any atom is -0.392 e. The number of carbonyl (C=O) groups is 1. The maximum atomic E-state index is 12.5. The van der Waals surface area contributed by atoms with Gasteiger partial charge in [0.05, 0.1) is 23.6 Å². The van der Waals surface area contributed by atoms with Crippen molar-refractivity contribution >= 4 is 23.1 Å². The molecule has 0 unspecified atom stereocenters. The van der Waals surface area contributed by atoms with Crippen LogP contribution in [0.15, 0.2) is 0 Å². The molecule has 1 saturated carbocycles. The van der Waals surface area contributed by atoms with Crippen LogP contribution in [0.3, 0.4) is 0 Å². The summed E-state index contributed by atoms with van der Waals surface area (Å²) in [5, 5.41) is 2.98. The SMILES string of the molecule is COCCOCCCNC(=O)C1(C(N)=S)CCCCCC1. The van der Waals surface area contributed by atoms with Crippen LogP contribution in [0.5, 0.6) is 0 Å². The lowest BCUT2D eigenvalue weighted by Gasteiger charge is -2.30. The van der Waals surface area contributed by atoms with E-state index < -0.39 is 5.41 Å². The number of amides is 1. The molecule has 0 saturated heterocycles. The van der Waals surface area contributed by atoms with Crippen LogP contribution in [-0.2, 0) is 14.3 Å². The van der Waals surface area contributed by atoms with E-state index in [0.29, 0.717) is 31.4 Å². The Morgan fingerprint density at radius 3 is 2.43 bits per heavy atom. The first kappa shape index (κ1) is 18.3. The molecule has 122 valence electrons. The van der Waals surface area contributed by atoms with Gasteiger partial charge in [0.25, 0.3) is 0 Å². The van der Waals surface area contributed by atoms with Crippen molar-refractivity contribution < 1.29 is 14.3 Å². The van der Waals surface area contributed by atoms with Gasteiger partial charge in [0.2, 0.25) is 5.91 Å². The van der Waals surface area contributed by atoms with Crippen molar-refractivity contribution in [2.24, 2.45) is 11.1 Å². The summed E-state index contributed by atoms with van der Waals surface area (Å²) in [5.41, 5.74) is 5.25. The predicted octanol–water partition coefficient (Wildman–Crippen LogP) is 1.78. The number of thiocarbonyl (C=S) groups is 1. The van der Waals surface area contributed by atoms with Gasteiger partial charge in [0.1, 0.15) is 0 Å². The largest absolute Gasteiger partial charge is 0.392 e. The second-order valence-corrected chi connectivity index (χ2v) is 6.02. The van der Waals surface area contributed by atoms with E-state index in [0.717, 1.165) is 44.9 Å². The van der Waals surface area contributed by atoms with Crippen LogP contribution < -0.4 is 11.1 Å². The van der Waals surface area contributed by atoms with Crippen molar-refractivity contribution in [1.82, 2.24) is 5.32 Å². The fourth-order valence-electron chi connectivity index (χ4n) is 2.71. The van der Waals surface area contributed by atoms with Crippen molar-refractivity contribution in [2.45, 2.75) is 44.9 Å². The van der Waals surface area contributed by atoms with Gasteiger partial charge in [-0.2, -0.15) is 0 Å². The minimum atomic E-state index is -0.636. The molecule has 0 aromatic heterocycles. The van der Waals surface area contributed by atoms with Gasteiger partial charge in [-0.3, -0.25) is 4.79 Å². The number of carbonyl (C=O) groups excluding carboxylic acids is 1. The van der Waals surface area contributed by atoms with Gasteiger partial charge in [-0.15, -0.1) is 0 Å². The molecule has 0 radical (unpaired) electrons. The monoisotopic (exact) mass is 316 g/mol. The summed E-state index contributed by atoms with van der Waals surface area (Å²) >= 11 is 5.19. The molecule has 21 heavy (non-hydrogen) atoms. The molecule has 1 fully saturated rings. The van der Waals surface area contributed by atoms with Gasteiger partial charge < -0.3 is 20.5 Å². The lowest BCUT2D eigenvalue weighted by Crippen LogP contribution is -2.49. The summed E-state index contributed by atoms with van der Waals surface area (Å²) in [6.07, 6.45) is 6.69. The number of hydrogen-bond acceptors (Lipinski definition) is 4. The Kier molecular flexibility index (Phi) is 8.80. The Morgan fingerprint density at radius 2 is 1.86 bits per heavy atom. The van der Waals surface area contributed by atoms with Crippen LogP contribution >= 0.6 is 12.2 Å². The molecular formula is C15H28N2O3S. The van der Waals surface area contributed by atoms with Crippen LogP contribution in [0.25, 0.3) is 0 Å². The quantitative estimate of drug-likeness (QED) is 0.385. The molecule has 0 atom stereocenters. The lowest BCUT2D eigenvalue weighted by atomic mass is 9.79. The average molecular weight is 316 g/mol. The van der Waals surface area contributed by atoms with Crippen LogP contribution in [0.2, 0.25) is 0 Å². The average Bonchev–Trinajstić information content (AvgIpc) is 2.73. The fourth-order valence-corrected chi connectivity index (χ4v) is 3.00. The highest BCUT2D eigenvalue weighted by atomic mass is 32.1. The maximum Gasteiger partial charge on any atom is 0.233 e. The first-order valence-electron chi connectivity index (χ1n) is 7.78. The zero-order valence-corrected chi connectivity index (χ0v) is 13.8. The number of ether oxygens (including phenoxy) is 2. The molecule has 0 bridgehead atoms. The summed E-state index contributed by atoms with van der Waals surface area (Å²) in [4.78, 5) is 12.9. The van der Waals surface area contributed by atoms with Gasteiger partial charge in [0.15, 0.2) is 0 Å².